The van der Waals surface area contributed by atoms with E-state index in [4.69, 9.17) is 20.2 Å². The largest absolute Gasteiger partial charge is 0.461 e. The highest BCUT2D eigenvalue weighted by molar-refractivity contribution is 5.81. The van der Waals surface area contributed by atoms with Gasteiger partial charge in [-0.1, -0.05) is 0 Å². The molecule has 4 nitrogen and oxygen atoms in total. The van der Waals surface area contributed by atoms with Gasteiger partial charge in [0.05, 0.1) is 0 Å². The summed E-state index contributed by atoms with van der Waals surface area (Å²) in [5.74, 6) is 0.881. The molecule has 0 aromatic carbocycles. The summed E-state index contributed by atoms with van der Waals surface area (Å²) >= 11 is 0. The number of hydrogen-bond donors (Lipinski definition) is 0. The summed E-state index contributed by atoms with van der Waals surface area (Å²) in [6, 6.07) is 8.29. The molecular formula is C10H5N3O. The van der Waals surface area contributed by atoms with Gasteiger partial charge in [0.1, 0.15) is 35.3 Å². The number of rotatable bonds is 1. The minimum Gasteiger partial charge on any atom is -0.461 e. The van der Waals surface area contributed by atoms with Gasteiger partial charge in [-0.2, -0.15) is 15.8 Å². The Labute approximate surface area is 80.9 Å². The monoisotopic (exact) mass is 183 g/mol. The number of aryl methyl sites for hydroxylation is 1. The average Bonchev–Trinajstić information content (AvgIpc) is 2.60. The van der Waals surface area contributed by atoms with E-state index in [0.717, 1.165) is 0 Å². The summed E-state index contributed by atoms with van der Waals surface area (Å²) < 4.78 is 5.14. The molecule has 0 atom stereocenters. The first-order valence-electron chi connectivity index (χ1n) is 3.74. The second-order valence-electron chi connectivity index (χ2n) is 2.50. The lowest BCUT2D eigenvalue weighted by Crippen LogP contribution is -1.83. The summed E-state index contributed by atoms with van der Waals surface area (Å²) in [6.45, 7) is 1.72. The van der Waals surface area contributed by atoms with E-state index in [-0.39, 0.29) is 16.9 Å². The van der Waals surface area contributed by atoms with E-state index in [1.165, 1.54) is 0 Å². The van der Waals surface area contributed by atoms with Crippen molar-refractivity contribution in [2.75, 3.05) is 0 Å². The van der Waals surface area contributed by atoms with Crippen molar-refractivity contribution in [3.8, 4) is 18.2 Å². The zero-order valence-electron chi connectivity index (χ0n) is 7.40. The third kappa shape index (κ3) is 1.63. The first-order valence-corrected chi connectivity index (χ1v) is 3.74. The van der Waals surface area contributed by atoms with Crippen LogP contribution in [0, 0.1) is 40.9 Å². The zero-order chi connectivity index (χ0) is 10.6. The zero-order valence-corrected chi connectivity index (χ0v) is 7.40. The molecule has 0 fully saturated rings. The van der Waals surface area contributed by atoms with Crippen LogP contribution < -0.4 is 0 Å². The van der Waals surface area contributed by atoms with Gasteiger partial charge in [-0.05, 0) is 19.1 Å². The minimum absolute atomic E-state index is 0.0249. The van der Waals surface area contributed by atoms with Crippen LogP contribution in [0.25, 0.3) is 5.57 Å². The van der Waals surface area contributed by atoms with Crippen LogP contribution in [-0.2, 0) is 0 Å². The van der Waals surface area contributed by atoms with E-state index >= 15 is 0 Å². The van der Waals surface area contributed by atoms with Crippen molar-refractivity contribution in [1.29, 1.82) is 15.8 Å². The van der Waals surface area contributed by atoms with Gasteiger partial charge in [-0.15, -0.1) is 0 Å². The molecule has 66 valence electrons. The standard InChI is InChI=1S/C10H5N3O/c1-7-2-3-10(14-7)9(6-13)8(4-11)5-12/h2-3H,1H3. The lowest BCUT2D eigenvalue weighted by molar-refractivity contribution is 0.522. The maximum absolute atomic E-state index is 8.75. The SMILES string of the molecule is Cc1ccc(C(C#N)=C(C#N)C#N)o1. The molecule has 1 aromatic heterocycles. The van der Waals surface area contributed by atoms with Crippen LogP contribution in [0.4, 0.5) is 0 Å². The molecule has 0 aliphatic heterocycles. The Bertz CT molecular complexity index is 487. The molecule has 0 unspecified atom stereocenters. The fourth-order valence-electron chi connectivity index (χ4n) is 0.940. The van der Waals surface area contributed by atoms with Crippen molar-refractivity contribution in [3.63, 3.8) is 0 Å². The second-order valence-corrected chi connectivity index (χ2v) is 2.50. The third-order valence-corrected chi connectivity index (χ3v) is 1.57. The highest BCUT2D eigenvalue weighted by atomic mass is 16.3. The predicted octanol–water partition coefficient (Wildman–Crippen LogP) is 1.91. The topological polar surface area (TPSA) is 84.5 Å². The molecule has 0 saturated heterocycles. The number of nitrogens with zero attached hydrogens (tertiary/aromatic N) is 3. The maximum atomic E-state index is 8.75. The van der Waals surface area contributed by atoms with Crippen LogP contribution in [0.5, 0.6) is 0 Å². The molecule has 1 aromatic rings. The van der Waals surface area contributed by atoms with Gasteiger partial charge in [0.15, 0.2) is 5.57 Å². The van der Waals surface area contributed by atoms with Crippen molar-refractivity contribution in [2.45, 2.75) is 6.92 Å². The number of hydrogen-bond acceptors (Lipinski definition) is 4. The van der Waals surface area contributed by atoms with Crippen LogP contribution in [0.1, 0.15) is 11.5 Å². The summed E-state index contributed by atoms with van der Waals surface area (Å²) in [4.78, 5) is 0. The molecule has 0 saturated carbocycles. The highest BCUT2D eigenvalue weighted by Crippen LogP contribution is 2.19. The number of nitriles is 3. The van der Waals surface area contributed by atoms with E-state index in [1.54, 1.807) is 37.3 Å². The molecule has 0 spiro atoms. The van der Waals surface area contributed by atoms with E-state index in [2.05, 4.69) is 0 Å². The van der Waals surface area contributed by atoms with Gasteiger partial charge in [-0.3, -0.25) is 0 Å². The van der Waals surface area contributed by atoms with Crippen molar-refractivity contribution in [3.05, 3.63) is 29.2 Å². The van der Waals surface area contributed by atoms with Crippen LogP contribution in [0.15, 0.2) is 22.1 Å². The Morgan fingerprint density at radius 1 is 1.14 bits per heavy atom. The minimum atomic E-state index is -0.234. The Hall–Kier alpha value is -2.51. The van der Waals surface area contributed by atoms with Crippen LogP contribution >= 0.6 is 0 Å². The van der Waals surface area contributed by atoms with Crippen LogP contribution in [0.2, 0.25) is 0 Å². The van der Waals surface area contributed by atoms with Crippen molar-refractivity contribution >= 4 is 5.57 Å². The van der Waals surface area contributed by atoms with E-state index in [0.29, 0.717) is 5.76 Å². The van der Waals surface area contributed by atoms with E-state index in [1.807, 2.05) is 0 Å². The second kappa shape index (κ2) is 3.94. The number of furan rings is 1. The summed E-state index contributed by atoms with van der Waals surface area (Å²) in [7, 11) is 0. The molecule has 0 N–H and O–H groups in total. The molecule has 1 heterocycles. The fourth-order valence-corrected chi connectivity index (χ4v) is 0.940. The quantitative estimate of drug-likeness (QED) is 0.622. The van der Waals surface area contributed by atoms with Crippen LogP contribution in [0.3, 0.4) is 0 Å². The van der Waals surface area contributed by atoms with Crippen molar-refractivity contribution in [1.82, 2.24) is 0 Å². The van der Waals surface area contributed by atoms with E-state index in [9.17, 15) is 0 Å². The predicted molar refractivity (Wildman–Crippen MR) is 47.2 cm³/mol. The Balaban J connectivity index is 3.35. The maximum Gasteiger partial charge on any atom is 0.151 e. The first kappa shape index (κ1) is 9.58. The van der Waals surface area contributed by atoms with Gasteiger partial charge in [0.2, 0.25) is 0 Å². The van der Waals surface area contributed by atoms with Gasteiger partial charge >= 0.3 is 0 Å². The lowest BCUT2D eigenvalue weighted by atomic mass is 10.1. The Morgan fingerprint density at radius 3 is 2.14 bits per heavy atom. The Kier molecular flexibility index (Phi) is 2.69. The average molecular weight is 183 g/mol. The van der Waals surface area contributed by atoms with E-state index < -0.39 is 0 Å². The lowest BCUT2D eigenvalue weighted by Gasteiger charge is -1.91. The van der Waals surface area contributed by atoms with Gasteiger partial charge in [-0.25, -0.2) is 0 Å². The molecule has 0 bridgehead atoms. The third-order valence-electron chi connectivity index (χ3n) is 1.57. The van der Waals surface area contributed by atoms with Crippen molar-refractivity contribution in [2.24, 2.45) is 0 Å². The normalized spacial score (nSPS) is 8.14. The molecular weight excluding hydrogens is 178 g/mol. The molecule has 14 heavy (non-hydrogen) atoms. The van der Waals surface area contributed by atoms with Crippen LogP contribution in [-0.4, -0.2) is 0 Å². The summed E-state index contributed by atoms with van der Waals surface area (Å²) in [5.41, 5.74) is -0.259. The molecule has 0 amide bonds. The van der Waals surface area contributed by atoms with Gasteiger partial charge in [0, 0.05) is 0 Å². The molecule has 0 radical (unpaired) electrons. The first-order chi connectivity index (χ1) is 6.72. The summed E-state index contributed by atoms with van der Waals surface area (Å²) in [6.07, 6.45) is 0. The molecule has 1 rings (SSSR count). The molecule has 4 heteroatoms. The smallest absolute Gasteiger partial charge is 0.151 e. The van der Waals surface area contributed by atoms with Gasteiger partial charge < -0.3 is 4.42 Å². The fraction of sp³-hybridized carbons (Fsp3) is 0.100. The van der Waals surface area contributed by atoms with Crippen molar-refractivity contribution < 1.29 is 4.42 Å². The van der Waals surface area contributed by atoms with Gasteiger partial charge in [0.25, 0.3) is 0 Å². The molecule has 0 aliphatic carbocycles. The molecule has 0 aliphatic rings. The highest BCUT2D eigenvalue weighted by Gasteiger charge is 2.11. The number of allylic oxidation sites excluding steroid dienone is 2. The Morgan fingerprint density at radius 2 is 1.79 bits per heavy atom. The summed E-state index contributed by atoms with van der Waals surface area (Å²) in [5, 5.41) is 25.9.